The largest absolute Gasteiger partial charge is 0.481 e. The number of amides is 2. The van der Waals surface area contributed by atoms with Gasteiger partial charge in [-0.15, -0.1) is 0 Å². The number of alkyl carbamates (subject to hydrolysis) is 1. The number of hydrogen-bond donors (Lipinski definition) is 2. The molecule has 2 aromatic carbocycles. The number of halogens is 3. The molecule has 2 N–H and O–H groups in total. The number of alkyl halides is 3. The monoisotopic (exact) mass is 490 g/mol. The average molecular weight is 490 g/mol. The van der Waals surface area contributed by atoms with E-state index in [1.807, 2.05) is 48.5 Å². The van der Waals surface area contributed by atoms with Gasteiger partial charge in [0, 0.05) is 18.5 Å². The zero-order valence-corrected chi connectivity index (χ0v) is 18.8. The fourth-order valence-electron chi connectivity index (χ4n) is 4.95. The van der Waals surface area contributed by atoms with Crippen LogP contribution in [0.15, 0.2) is 48.5 Å². The standard InChI is InChI=1S/C25H25F3N2O5/c26-25(27,28)13-21(23(33)30-11-5-6-15(30)12-22(31)32)29-24(34)35-14-20-18-9-3-1-7-16(18)17-8-2-4-10-19(17)20/h1-4,7-10,15,20-21H,5-6,11-14H2,(H,29,34)(H,31,32)/t15-,21?/m1/s1. The maximum absolute atomic E-state index is 13.2. The minimum absolute atomic E-state index is 0.113. The van der Waals surface area contributed by atoms with Crippen LogP contribution in [0.1, 0.15) is 42.7 Å². The highest BCUT2D eigenvalue weighted by molar-refractivity contribution is 5.87. The highest BCUT2D eigenvalue weighted by Gasteiger charge is 2.41. The van der Waals surface area contributed by atoms with Gasteiger partial charge in [0.15, 0.2) is 0 Å². The highest BCUT2D eigenvalue weighted by Crippen LogP contribution is 2.44. The van der Waals surface area contributed by atoms with Crippen molar-refractivity contribution >= 4 is 18.0 Å². The number of ether oxygens (including phenoxy) is 1. The molecular weight excluding hydrogens is 465 g/mol. The summed E-state index contributed by atoms with van der Waals surface area (Å²) in [7, 11) is 0. The lowest BCUT2D eigenvalue weighted by Crippen LogP contribution is -2.52. The van der Waals surface area contributed by atoms with E-state index in [4.69, 9.17) is 9.84 Å². The van der Waals surface area contributed by atoms with Crippen molar-refractivity contribution in [2.24, 2.45) is 0 Å². The van der Waals surface area contributed by atoms with Gasteiger partial charge in [0.25, 0.3) is 0 Å². The number of carbonyl (C=O) groups is 3. The molecule has 10 heteroatoms. The number of nitrogens with one attached hydrogen (secondary N) is 1. The summed E-state index contributed by atoms with van der Waals surface area (Å²) in [6.07, 6.45) is -6.95. The number of hydrogen-bond acceptors (Lipinski definition) is 4. The van der Waals surface area contributed by atoms with Gasteiger partial charge in [-0.2, -0.15) is 13.2 Å². The summed E-state index contributed by atoms with van der Waals surface area (Å²) in [4.78, 5) is 37.6. The lowest BCUT2D eigenvalue weighted by atomic mass is 9.98. The maximum Gasteiger partial charge on any atom is 0.407 e. The molecule has 2 aliphatic rings. The molecule has 0 aromatic heterocycles. The molecule has 0 saturated carbocycles. The smallest absolute Gasteiger partial charge is 0.407 e. The van der Waals surface area contributed by atoms with E-state index in [0.717, 1.165) is 27.2 Å². The van der Waals surface area contributed by atoms with Crippen LogP contribution in [0.25, 0.3) is 11.1 Å². The second-order valence-electron chi connectivity index (χ2n) is 8.77. The number of carboxylic acid groups (broad SMARTS) is 1. The topological polar surface area (TPSA) is 95.9 Å². The second kappa shape index (κ2) is 9.97. The van der Waals surface area contributed by atoms with E-state index in [1.54, 1.807) is 0 Å². The molecule has 0 spiro atoms. The summed E-state index contributed by atoms with van der Waals surface area (Å²) < 4.78 is 45.0. The van der Waals surface area contributed by atoms with Crippen LogP contribution in [0, 0.1) is 0 Å². The Morgan fingerprint density at radius 3 is 2.23 bits per heavy atom. The highest BCUT2D eigenvalue weighted by atomic mass is 19.4. The number of aliphatic carboxylic acids is 1. The molecule has 35 heavy (non-hydrogen) atoms. The zero-order valence-electron chi connectivity index (χ0n) is 18.8. The van der Waals surface area contributed by atoms with Crippen molar-refractivity contribution in [2.45, 2.75) is 49.9 Å². The van der Waals surface area contributed by atoms with Crippen LogP contribution in [0.3, 0.4) is 0 Å². The Bertz CT molecular complexity index is 1070. The molecule has 1 aliphatic carbocycles. The van der Waals surface area contributed by atoms with Gasteiger partial charge in [-0.1, -0.05) is 48.5 Å². The van der Waals surface area contributed by atoms with Crippen LogP contribution in [0.2, 0.25) is 0 Å². The van der Waals surface area contributed by atoms with E-state index in [-0.39, 0.29) is 25.5 Å². The summed E-state index contributed by atoms with van der Waals surface area (Å²) in [6.45, 7) is 0.0235. The third kappa shape index (κ3) is 5.58. The number of rotatable bonds is 7. The molecule has 0 radical (unpaired) electrons. The van der Waals surface area contributed by atoms with E-state index >= 15 is 0 Å². The van der Waals surface area contributed by atoms with E-state index < -0.39 is 42.7 Å². The van der Waals surface area contributed by atoms with Gasteiger partial charge in [0.05, 0.1) is 12.8 Å². The summed E-state index contributed by atoms with van der Waals surface area (Å²) in [5, 5.41) is 11.1. The number of fused-ring (bicyclic) bond motifs is 3. The number of carboxylic acids is 1. The third-order valence-electron chi connectivity index (χ3n) is 6.44. The average Bonchev–Trinajstić information content (AvgIpc) is 3.38. The van der Waals surface area contributed by atoms with Gasteiger partial charge in [-0.3, -0.25) is 9.59 Å². The first-order valence-electron chi connectivity index (χ1n) is 11.3. The number of carbonyl (C=O) groups excluding carboxylic acids is 2. The van der Waals surface area contributed by atoms with Crippen molar-refractivity contribution in [1.29, 1.82) is 0 Å². The van der Waals surface area contributed by atoms with Crippen molar-refractivity contribution in [2.75, 3.05) is 13.2 Å². The molecule has 1 unspecified atom stereocenters. The molecule has 4 rings (SSSR count). The lowest BCUT2D eigenvalue weighted by molar-refractivity contribution is -0.155. The summed E-state index contributed by atoms with van der Waals surface area (Å²) in [5.74, 6) is -2.39. The fourth-order valence-corrected chi connectivity index (χ4v) is 4.95. The minimum atomic E-state index is -4.72. The van der Waals surface area contributed by atoms with Crippen LogP contribution in [-0.2, 0) is 14.3 Å². The lowest BCUT2D eigenvalue weighted by Gasteiger charge is -2.29. The predicted octanol–water partition coefficient (Wildman–Crippen LogP) is 4.31. The quantitative estimate of drug-likeness (QED) is 0.603. The normalized spacial score (nSPS) is 18.0. The van der Waals surface area contributed by atoms with Crippen molar-refractivity contribution < 1.29 is 37.4 Å². The van der Waals surface area contributed by atoms with Crippen LogP contribution < -0.4 is 5.32 Å². The molecule has 2 atom stereocenters. The van der Waals surface area contributed by atoms with Gasteiger partial charge in [0.2, 0.25) is 5.91 Å². The molecule has 1 heterocycles. The van der Waals surface area contributed by atoms with Gasteiger partial charge in [0.1, 0.15) is 12.6 Å². The summed E-state index contributed by atoms with van der Waals surface area (Å²) in [5.41, 5.74) is 3.89. The first-order valence-corrected chi connectivity index (χ1v) is 11.3. The molecule has 0 bridgehead atoms. The predicted molar refractivity (Wildman–Crippen MR) is 120 cm³/mol. The SMILES string of the molecule is O=C(O)C[C@H]1CCCN1C(=O)C(CC(F)(F)F)NC(=O)OCC1c2ccccc2-c2ccccc21. The van der Waals surface area contributed by atoms with Gasteiger partial charge in [-0.25, -0.2) is 4.79 Å². The van der Waals surface area contributed by atoms with Crippen molar-refractivity contribution in [3.8, 4) is 11.1 Å². The van der Waals surface area contributed by atoms with E-state index in [1.165, 1.54) is 0 Å². The Labute approximate surface area is 199 Å². The fraction of sp³-hybridized carbons (Fsp3) is 0.400. The van der Waals surface area contributed by atoms with E-state index in [2.05, 4.69) is 5.32 Å². The van der Waals surface area contributed by atoms with Crippen molar-refractivity contribution in [1.82, 2.24) is 10.2 Å². The maximum atomic E-state index is 13.2. The Morgan fingerprint density at radius 2 is 1.66 bits per heavy atom. The summed E-state index contributed by atoms with van der Waals surface area (Å²) >= 11 is 0. The zero-order chi connectivity index (χ0) is 25.2. The molecule has 186 valence electrons. The Hall–Kier alpha value is -3.56. The first-order chi connectivity index (χ1) is 16.6. The van der Waals surface area contributed by atoms with Gasteiger partial charge in [-0.05, 0) is 35.1 Å². The minimum Gasteiger partial charge on any atom is -0.481 e. The van der Waals surface area contributed by atoms with Crippen molar-refractivity contribution in [3.05, 3.63) is 59.7 Å². The number of benzene rings is 2. The van der Waals surface area contributed by atoms with Crippen LogP contribution in [0.5, 0.6) is 0 Å². The van der Waals surface area contributed by atoms with Crippen LogP contribution in [0.4, 0.5) is 18.0 Å². The number of likely N-dealkylation sites (tertiary alicyclic amines) is 1. The van der Waals surface area contributed by atoms with E-state index in [9.17, 15) is 27.6 Å². The third-order valence-corrected chi connectivity index (χ3v) is 6.44. The van der Waals surface area contributed by atoms with Crippen LogP contribution in [-0.4, -0.2) is 59.4 Å². The molecule has 7 nitrogen and oxygen atoms in total. The number of nitrogens with zero attached hydrogens (tertiary/aromatic N) is 1. The molecule has 2 aromatic rings. The molecular formula is C25H25F3N2O5. The van der Waals surface area contributed by atoms with E-state index in [0.29, 0.717) is 12.8 Å². The first kappa shape index (κ1) is 24.6. The molecule has 1 fully saturated rings. The van der Waals surface area contributed by atoms with Crippen molar-refractivity contribution in [3.63, 3.8) is 0 Å². The van der Waals surface area contributed by atoms with Gasteiger partial charge < -0.3 is 20.1 Å². The Morgan fingerprint density at radius 1 is 1.06 bits per heavy atom. The Kier molecular flexibility index (Phi) is 7.00. The molecule has 1 saturated heterocycles. The molecule has 1 aliphatic heterocycles. The second-order valence-corrected chi connectivity index (χ2v) is 8.77. The summed E-state index contributed by atoms with van der Waals surface area (Å²) in [6, 6.07) is 12.6. The van der Waals surface area contributed by atoms with Crippen LogP contribution >= 0.6 is 0 Å². The molecule has 2 amide bonds. The Balaban J connectivity index is 1.45. The van der Waals surface area contributed by atoms with Gasteiger partial charge >= 0.3 is 18.2 Å².